The van der Waals surface area contributed by atoms with Crippen molar-refractivity contribution in [2.45, 2.75) is 56.6 Å². The summed E-state index contributed by atoms with van der Waals surface area (Å²) in [5.41, 5.74) is 4.18. The number of hydrogen-bond donors (Lipinski definition) is 2. The van der Waals surface area contributed by atoms with Gasteiger partial charge in [0.15, 0.2) is 0 Å². The highest BCUT2D eigenvalue weighted by molar-refractivity contribution is 5.37. The van der Waals surface area contributed by atoms with E-state index in [4.69, 9.17) is 15.3 Å². The van der Waals surface area contributed by atoms with E-state index >= 15 is 0 Å². The molecular formula is C17H26N2O2. The number of hydrazine groups is 1. The largest absolute Gasteiger partial charge is 0.493 e. The van der Waals surface area contributed by atoms with Gasteiger partial charge in [0.05, 0.1) is 18.2 Å². The number of hydrogen-bond acceptors (Lipinski definition) is 4. The molecule has 4 heteroatoms. The third kappa shape index (κ3) is 3.07. The molecule has 1 aromatic rings. The Bertz CT molecular complexity index is 472. The Morgan fingerprint density at radius 3 is 2.95 bits per heavy atom. The van der Waals surface area contributed by atoms with E-state index in [0.29, 0.717) is 5.92 Å². The van der Waals surface area contributed by atoms with Crippen LogP contribution in [0.4, 0.5) is 0 Å². The molecule has 2 aliphatic heterocycles. The van der Waals surface area contributed by atoms with E-state index in [9.17, 15) is 0 Å². The van der Waals surface area contributed by atoms with Gasteiger partial charge in [0, 0.05) is 6.61 Å². The van der Waals surface area contributed by atoms with Crippen molar-refractivity contribution in [2.24, 2.45) is 5.84 Å². The van der Waals surface area contributed by atoms with Gasteiger partial charge in [0.25, 0.3) is 0 Å². The van der Waals surface area contributed by atoms with Crippen molar-refractivity contribution in [3.8, 4) is 5.75 Å². The number of benzene rings is 1. The standard InChI is InChI=1S/C17H26N2O2/c1-17(9-4-5-10-21-17)16(19-18)12-13-8-11-20-15-7-3-2-6-14(13)15/h2-3,6-7,13,16,19H,4-5,8-12,18H2,1H3. The van der Waals surface area contributed by atoms with Crippen LogP contribution in [0, 0.1) is 0 Å². The van der Waals surface area contributed by atoms with Crippen LogP contribution in [0.1, 0.15) is 50.5 Å². The minimum Gasteiger partial charge on any atom is -0.493 e. The minimum absolute atomic E-state index is 0.153. The van der Waals surface area contributed by atoms with Gasteiger partial charge in [-0.05, 0) is 56.6 Å². The molecule has 0 aromatic heterocycles. The van der Waals surface area contributed by atoms with E-state index in [0.717, 1.165) is 44.6 Å². The first-order valence-electron chi connectivity index (χ1n) is 8.05. The molecule has 0 spiro atoms. The SMILES string of the molecule is CC1(C(CC2CCOc3ccccc32)NN)CCCCO1. The van der Waals surface area contributed by atoms with Crippen molar-refractivity contribution in [3.63, 3.8) is 0 Å². The predicted molar refractivity (Wildman–Crippen MR) is 83.2 cm³/mol. The van der Waals surface area contributed by atoms with Crippen LogP contribution in [-0.4, -0.2) is 24.9 Å². The second-order valence-electron chi connectivity index (χ2n) is 6.45. The van der Waals surface area contributed by atoms with Crippen LogP contribution in [0.25, 0.3) is 0 Å². The van der Waals surface area contributed by atoms with Crippen LogP contribution in [0.3, 0.4) is 0 Å². The summed E-state index contributed by atoms with van der Waals surface area (Å²) in [7, 11) is 0. The summed E-state index contributed by atoms with van der Waals surface area (Å²) in [5.74, 6) is 7.38. The van der Waals surface area contributed by atoms with Gasteiger partial charge >= 0.3 is 0 Å². The second-order valence-corrected chi connectivity index (χ2v) is 6.45. The second kappa shape index (κ2) is 6.34. The third-order valence-electron chi connectivity index (χ3n) is 5.04. The summed E-state index contributed by atoms with van der Waals surface area (Å²) >= 11 is 0. The van der Waals surface area contributed by atoms with Crippen molar-refractivity contribution < 1.29 is 9.47 Å². The van der Waals surface area contributed by atoms with Gasteiger partial charge in [-0.25, -0.2) is 0 Å². The van der Waals surface area contributed by atoms with E-state index in [-0.39, 0.29) is 11.6 Å². The normalized spacial score (nSPS) is 30.3. The number of nitrogens with two attached hydrogens (primary N) is 1. The monoisotopic (exact) mass is 290 g/mol. The lowest BCUT2D eigenvalue weighted by Gasteiger charge is -2.42. The topological polar surface area (TPSA) is 56.5 Å². The zero-order valence-corrected chi connectivity index (χ0v) is 12.8. The summed E-state index contributed by atoms with van der Waals surface area (Å²) in [6, 6.07) is 8.53. The molecule has 0 saturated carbocycles. The molecule has 0 aliphatic carbocycles. The molecule has 3 rings (SSSR count). The molecule has 2 heterocycles. The van der Waals surface area contributed by atoms with Gasteiger partial charge in [0.1, 0.15) is 5.75 Å². The molecule has 1 fully saturated rings. The average molecular weight is 290 g/mol. The Labute approximate surface area is 127 Å². The Hall–Kier alpha value is -1.10. The highest BCUT2D eigenvalue weighted by Crippen LogP contribution is 2.39. The molecule has 2 aliphatic rings. The first kappa shape index (κ1) is 14.8. The molecule has 116 valence electrons. The lowest BCUT2D eigenvalue weighted by molar-refractivity contribution is -0.0917. The maximum atomic E-state index is 6.07. The van der Waals surface area contributed by atoms with Crippen molar-refractivity contribution in [2.75, 3.05) is 13.2 Å². The molecule has 0 radical (unpaired) electrons. The molecule has 3 unspecified atom stereocenters. The van der Waals surface area contributed by atoms with Crippen LogP contribution in [0.2, 0.25) is 0 Å². The van der Waals surface area contributed by atoms with Crippen LogP contribution in [-0.2, 0) is 4.74 Å². The van der Waals surface area contributed by atoms with Crippen molar-refractivity contribution in [1.29, 1.82) is 0 Å². The zero-order chi connectivity index (χ0) is 14.7. The number of rotatable bonds is 4. The summed E-state index contributed by atoms with van der Waals surface area (Å²) in [4.78, 5) is 0. The average Bonchev–Trinajstić information content (AvgIpc) is 2.53. The van der Waals surface area contributed by atoms with E-state index in [1.165, 1.54) is 12.0 Å². The quantitative estimate of drug-likeness (QED) is 0.661. The smallest absolute Gasteiger partial charge is 0.122 e. The van der Waals surface area contributed by atoms with Crippen molar-refractivity contribution in [3.05, 3.63) is 29.8 Å². The Kier molecular flexibility index (Phi) is 4.48. The van der Waals surface area contributed by atoms with Crippen LogP contribution in [0.5, 0.6) is 5.75 Å². The Morgan fingerprint density at radius 2 is 2.19 bits per heavy atom. The van der Waals surface area contributed by atoms with Gasteiger partial charge in [-0.3, -0.25) is 11.3 Å². The number of nitrogens with one attached hydrogen (secondary N) is 1. The fraction of sp³-hybridized carbons (Fsp3) is 0.647. The molecule has 3 N–H and O–H groups in total. The van der Waals surface area contributed by atoms with Crippen molar-refractivity contribution >= 4 is 0 Å². The Balaban J connectivity index is 1.76. The van der Waals surface area contributed by atoms with E-state index < -0.39 is 0 Å². The van der Waals surface area contributed by atoms with Gasteiger partial charge < -0.3 is 9.47 Å². The summed E-state index contributed by atoms with van der Waals surface area (Å²) in [6.45, 7) is 3.83. The molecule has 21 heavy (non-hydrogen) atoms. The first-order valence-corrected chi connectivity index (χ1v) is 8.05. The fourth-order valence-electron chi connectivity index (χ4n) is 3.67. The lowest BCUT2D eigenvalue weighted by atomic mass is 9.79. The van der Waals surface area contributed by atoms with Gasteiger partial charge in [-0.15, -0.1) is 0 Å². The highest BCUT2D eigenvalue weighted by Gasteiger charge is 2.38. The summed E-state index contributed by atoms with van der Waals surface area (Å²) in [6.07, 6.45) is 5.50. The van der Waals surface area contributed by atoms with Gasteiger partial charge in [-0.1, -0.05) is 18.2 Å². The number of fused-ring (bicyclic) bond motifs is 1. The molecular weight excluding hydrogens is 264 g/mol. The minimum atomic E-state index is -0.153. The van der Waals surface area contributed by atoms with Crippen LogP contribution >= 0.6 is 0 Å². The zero-order valence-electron chi connectivity index (χ0n) is 12.8. The number of para-hydroxylation sites is 1. The highest BCUT2D eigenvalue weighted by atomic mass is 16.5. The van der Waals surface area contributed by atoms with E-state index in [1.807, 2.05) is 6.07 Å². The van der Waals surface area contributed by atoms with Crippen LogP contribution in [0.15, 0.2) is 24.3 Å². The van der Waals surface area contributed by atoms with Crippen LogP contribution < -0.4 is 16.0 Å². The molecule has 1 aromatic carbocycles. The maximum Gasteiger partial charge on any atom is 0.122 e. The van der Waals surface area contributed by atoms with Gasteiger partial charge in [-0.2, -0.15) is 0 Å². The summed E-state index contributed by atoms with van der Waals surface area (Å²) in [5, 5.41) is 0. The van der Waals surface area contributed by atoms with Crippen molar-refractivity contribution in [1.82, 2.24) is 5.43 Å². The molecule has 4 nitrogen and oxygen atoms in total. The number of ether oxygens (including phenoxy) is 2. The molecule has 0 amide bonds. The lowest BCUT2D eigenvalue weighted by Crippen LogP contribution is -2.55. The molecule has 0 bridgehead atoms. The van der Waals surface area contributed by atoms with E-state index in [2.05, 4.69) is 30.5 Å². The van der Waals surface area contributed by atoms with Gasteiger partial charge in [0.2, 0.25) is 0 Å². The third-order valence-corrected chi connectivity index (χ3v) is 5.04. The molecule has 3 atom stereocenters. The first-order chi connectivity index (χ1) is 10.2. The maximum absolute atomic E-state index is 6.07. The fourth-order valence-corrected chi connectivity index (χ4v) is 3.67. The van der Waals surface area contributed by atoms with E-state index in [1.54, 1.807) is 0 Å². The Morgan fingerprint density at radius 1 is 1.33 bits per heavy atom. The molecule has 1 saturated heterocycles. The predicted octanol–water partition coefficient (Wildman–Crippen LogP) is 2.73. The summed E-state index contributed by atoms with van der Waals surface area (Å²) < 4.78 is 11.8.